The van der Waals surface area contributed by atoms with Crippen molar-refractivity contribution in [3.63, 3.8) is 0 Å². The van der Waals surface area contributed by atoms with Crippen LogP contribution >= 0.6 is 0 Å². The van der Waals surface area contributed by atoms with E-state index in [0.29, 0.717) is 5.92 Å². The molecule has 3 aliphatic rings. The summed E-state index contributed by atoms with van der Waals surface area (Å²) in [6, 6.07) is -0.0276. The fraction of sp³-hybridized carbons (Fsp3) is 0.818. The Hall–Kier alpha value is -0.940. The molecule has 3 rings (SSSR count). The second-order valence-corrected chi connectivity index (χ2v) is 5.43. The largest absolute Gasteiger partial charge is 0.360 e. The van der Waals surface area contributed by atoms with Gasteiger partial charge in [0.2, 0.25) is 5.91 Å². The molecule has 5 nitrogen and oxygen atoms in total. The molecule has 0 aromatic rings. The van der Waals surface area contributed by atoms with E-state index in [2.05, 4.69) is 17.6 Å². The lowest BCUT2D eigenvalue weighted by Gasteiger charge is -2.40. The molecule has 5 heteroatoms. The number of fused-ring (bicyclic) bond motifs is 3. The highest BCUT2D eigenvalue weighted by molar-refractivity contribution is 6.07. The van der Waals surface area contributed by atoms with Crippen LogP contribution in [0, 0.1) is 11.8 Å². The Labute approximate surface area is 93.9 Å². The minimum Gasteiger partial charge on any atom is -0.360 e. The Bertz CT molecular complexity index is 370. The lowest BCUT2D eigenvalue weighted by atomic mass is 9.78. The van der Waals surface area contributed by atoms with E-state index < -0.39 is 6.10 Å². The quantitative estimate of drug-likeness (QED) is 0.540. The van der Waals surface area contributed by atoms with Gasteiger partial charge in [0.1, 0.15) is 0 Å². The zero-order valence-corrected chi connectivity index (χ0v) is 9.45. The number of amides is 2. The second kappa shape index (κ2) is 3.05. The van der Waals surface area contributed by atoms with Crippen LogP contribution in [0.5, 0.6) is 0 Å². The van der Waals surface area contributed by atoms with E-state index in [4.69, 9.17) is 4.74 Å². The van der Waals surface area contributed by atoms with Crippen molar-refractivity contribution in [3.05, 3.63) is 0 Å². The highest BCUT2D eigenvalue weighted by Gasteiger charge is 2.62. The summed E-state index contributed by atoms with van der Waals surface area (Å²) in [6.45, 7) is 5.03. The van der Waals surface area contributed by atoms with E-state index in [1.54, 1.807) is 0 Å². The lowest BCUT2D eigenvalue weighted by molar-refractivity contribution is -0.137. The second-order valence-electron chi connectivity index (χ2n) is 5.43. The summed E-state index contributed by atoms with van der Waals surface area (Å²) in [6.07, 6.45) is 0.318. The van der Waals surface area contributed by atoms with Crippen LogP contribution in [0.4, 0.5) is 0 Å². The number of piperidine rings is 1. The molecule has 0 spiro atoms. The van der Waals surface area contributed by atoms with Gasteiger partial charge in [0.05, 0.1) is 17.6 Å². The molecular weight excluding hydrogens is 208 g/mol. The lowest BCUT2D eigenvalue weighted by Crippen LogP contribution is -2.57. The van der Waals surface area contributed by atoms with Crippen LogP contribution in [-0.4, -0.2) is 36.1 Å². The maximum atomic E-state index is 11.7. The Kier molecular flexibility index (Phi) is 1.95. The van der Waals surface area contributed by atoms with E-state index in [9.17, 15) is 9.59 Å². The number of hydrogen-bond acceptors (Lipinski definition) is 4. The summed E-state index contributed by atoms with van der Waals surface area (Å²) in [4.78, 5) is 23.2. The van der Waals surface area contributed by atoms with Crippen molar-refractivity contribution in [2.75, 3.05) is 6.54 Å². The number of hydrogen-bond donors (Lipinski definition) is 2. The molecule has 88 valence electrons. The third kappa shape index (κ3) is 1.18. The Morgan fingerprint density at radius 1 is 1.38 bits per heavy atom. The smallest absolute Gasteiger partial charge is 0.256 e. The van der Waals surface area contributed by atoms with E-state index >= 15 is 0 Å². The number of nitrogens with one attached hydrogen (secondary N) is 2. The van der Waals surface area contributed by atoms with Gasteiger partial charge in [-0.3, -0.25) is 14.9 Å². The number of carbonyl (C=O) groups excluding carboxylic acids is 2. The van der Waals surface area contributed by atoms with Crippen molar-refractivity contribution in [3.8, 4) is 0 Å². The monoisotopic (exact) mass is 224 g/mol. The molecule has 0 saturated carbocycles. The molecule has 1 unspecified atom stereocenters. The van der Waals surface area contributed by atoms with Crippen LogP contribution in [0.25, 0.3) is 0 Å². The van der Waals surface area contributed by atoms with Gasteiger partial charge in [-0.2, -0.15) is 0 Å². The summed E-state index contributed by atoms with van der Waals surface area (Å²) in [5.74, 6) is -0.297. The van der Waals surface area contributed by atoms with Crippen molar-refractivity contribution in [1.82, 2.24) is 10.6 Å². The normalized spacial score (nSPS) is 51.1. The first-order valence-corrected chi connectivity index (χ1v) is 5.77. The average molecular weight is 224 g/mol. The van der Waals surface area contributed by atoms with Crippen LogP contribution in [0.1, 0.15) is 20.3 Å². The first kappa shape index (κ1) is 10.2. The Morgan fingerprint density at radius 2 is 2.12 bits per heavy atom. The van der Waals surface area contributed by atoms with Crippen LogP contribution in [0.2, 0.25) is 0 Å². The molecule has 0 bridgehead atoms. The van der Waals surface area contributed by atoms with Crippen molar-refractivity contribution < 1.29 is 14.3 Å². The summed E-state index contributed by atoms with van der Waals surface area (Å²) < 4.78 is 5.83. The molecule has 5 atom stereocenters. The standard InChI is InChI=1S/C11H16N2O3/c1-5-3-11(2)8(12-4-5)6-7(16-11)10(15)13-9(6)14/h5-8,12H,3-4H2,1-2H3,(H,13,14,15)/t5-,6?,7-,8-,11-/m0/s1. The van der Waals surface area contributed by atoms with Crippen LogP contribution in [0.3, 0.4) is 0 Å². The molecule has 3 fully saturated rings. The zero-order chi connectivity index (χ0) is 11.5. The number of imide groups is 1. The molecule has 0 aliphatic carbocycles. The molecule has 0 aromatic carbocycles. The topological polar surface area (TPSA) is 67.4 Å². The maximum Gasteiger partial charge on any atom is 0.256 e. The molecule has 0 aromatic heterocycles. The molecule has 3 heterocycles. The minimum absolute atomic E-state index is 0.0276. The maximum absolute atomic E-state index is 11.7. The first-order chi connectivity index (χ1) is 7.51. The van der Waals surface area contributed by atoms with Crippen molar-refractivity contribution in [1.29, 1.82) is 0 Å². The molecule has 2 amide bonds. The highest BCUT2D eigenvalue weighted by Crippen LogP contribution is 2.43. The zero-order valence-electron chi connectivity index (χ0n) is 9.45. The number of rotatable bonds is 0. The minimum atomic E-state index is -0.583. The summed E-state index contributed by atoms with van der Waals surface area (Å²) in [7, 11) is 0. The van der Waals surface area contributed by atoms with Gasteiger partial charge in [-0.25, -0.2) is 0 Å². The molecule has 3 aliphatic heterocycles. The Morgan fingerprint density at radius 3 is 2.88 bits per heavy atom. The van der Waals surface area contributed by atoms with Gasteiger partial charge in [0.15, 0.2) is 6.10 Å². The fourth-order valence-electron chi connectivity index (χ4n) is 3.38. The van der Waals surface area contributed by atoms with Gasteiger partial charge in [-0.15, -0.1) is 0 Å². The Balaban J connectivity index is 1.94. The predicted molar refractivity (Wildman–Crippen MR) is 55.5 cm³/mol. The summed E-state index contributed by atoms with van der Waals surface area (Å²) in [5.41, 5.74) is -0.375. The van der Waals surface area contributed by atoms with Crippen molar-refractivity contribution in [2.45, 2.75) is 38.0 Å². The number of carbonyl (C=O) groups is 2. The van der Waals surface area contributed by atoms with Crippen LogP contribution < -0.4 is 10.6 Å². The highest BCUT2D eigenvalue weighted by atomic mass is 16.5. The SMILES string of the molecule is C[C@@H]1CN[C@H]2C3C(=O)NC(=O)[C@H]3O[C@@]2(C)C1. The van der Waals surface area contributed by atoms with E-state index in [1.807, 2.05) is 6.92 Å². The molecule has 0 radical (unpaired) electrons. The van der Waals surface area contributed by atoms with Gasteiger partial charge >= 0.3 is 0 Å². The molecule has 16 heavy (non-hydrogen) atoms. The van der Waals surface area contributed by atoms with Crippen LogP contribution in [0.15, 0.2) is 0 Å². The van der Waals surface area contributed by atoms with Gasteiger partial charge in [-0.1, -0.05) is 6.92 Å². The third-order valence-corrected chi connectivity index (χ3v) is 3.99. The van der Waals surface area contributed by atoms with Gasteiger partial charge in [0.25, 0.3) is 5.91 Å². The van der Waals surface area contributed by atoms with E-state index in [-0.39, 0.29) is 29.4 Å². The van der Waals surface area contributed by atoms with Crippen molar-refractivity contribution >= 4 is 11.8 Å². The third-order valence-electron chi connectivity index (χ3n) is 3.99. The van der Waals surface area contributed by atoms with E-state index in [0.717, 1.165) is 13.0 Å². The summed E-state index contributed by atoms with van der Waals surface area (Å²) in [5, 5.41) is 5.69. The fourth-order valence-corrected chi connectivity index (χ4v) is 3.38. The first-order valence-electron chi connectivity index (χ1n) is 5.77. The molecule has 3 saturated heterocycles. The van der Waals surface area contributed by atoms with Gasteiger partial charge in [-0.05, 0) is 25.8 Å². The predicted octanol–water partition coefficient (Wildman–Crippen LogP) is -0.585. The van der Waals surface area contributed by atoms with Gasteiger partial charge < -0.3 is 10.1 Å². The van der Waals surface area contributed by atoms with Gasteiger partial charge in [0, 0.05) is 0 Å². The van der Waals surface area contributed by atoms with E-state index in [1.165, 1.54) is 0 Å². The number of ether oxygens (including phenoxy) is 1. The molecular formula is C11H16N2O3. The average Bonchev–Trinajstić information content (AvgIpc) is 2.61. The van der Waals surface area contributed by atoms with Crippen LogP contribution in [-0.2, 0) is 14.3 Å². The van der Waals surface area contributed by atoms with Crippen molar-refractivity contribution in [2.24, 2.45) is 11.8 Å². The molecule has 2 N–H and O–H groups in total. The summed E-state index contributed by atoms with van der Waals surface area (Å²) >= 11 is 0.